The Hall–Kier alpha value is -0.0100. The fourth-order valence-corrected chi connectivity index (χ4v) is 2.67. The molecule has 0 N–H and O–H groups in total. The molecule has 0 saturated heterocycles. The largest absolute Gasteiger partial charge is 0.152 e. The quantitative estimate of drug-likeness (QED) is 0.663. The Morgan fingerprint density at radius 2 is 2.08 bits per heavy atom. The Balaban J connectivity index is 2.58. The molecule has 0 amide bonds. The monoisotopic (exact) mass is 216 g/mol. The minimum absolute atomic E-state index is 0.264. The van der Waals surface area contributed by atoms with Crippen LogP contribution in [0.5, 0.6) is 0 Å². The van der Waals surface area contributed by atoms with Crippen molar-refractivity contribution in [2.45, 2.75) is 32.6 Å². The summed E-state index contributed by atoms with van der Waals surface area (Å²) in [5.41, 5.74) is 1.43. The molecule has 2 heteroatoms. The summed E-state index contributed by atoms with van der Waals surface area (Å²) in [6.45, 7) is 6.59. The molecule has 0 saturated carbocycles. The van der Waals surface area contributed by atoms with Gasteiger partial charge in [0.15, 0.2) is 0 Å². The summed E-state index contributed by atoms with van der Waals surface area (Å²) in [5, 5.41) is 4.61. The van der Waals surface area contributed by atoms with E-state index in [9.17, 15) is 0 Å². The molecule has 0 fully saturated rings. The van der Waals surface area contributed by atoms with Crippen LogP contribution in [-0.2, 0) is 6.42 Å². The molecule has 2 unspecified atom stereocenters. The van der Waals surface area contributed by atoms with Gasteiger partial charge in [-0.25, -0.2) is 0 Å². The van der Waals surface area contributed by atoms with Crippen molar-refractivity contribution < 1.29 is 0 Å². The first-order chi connectivity index (χ1) is 6.11. The van der Waals surface area contributed by atoms with Crippen LogP contribution < -0.4 is 0 Å². The number of thiophene rings is 1. The molecule has 0 bridgehead atoms. The van der Waals surface area contributed by atoms with Crippen LogP contribution in [0, 0.1) is 11.8 Å². The molecule has 0 aliphatic heterocycles. The second-order valence-corrected chi connectivity index (χ2v) is 5.39. The Bertz CT molecular complexity index is 218. The Morgan fingerprint density at radius 3 is 2.46 bits per heavy atom. The van der Waals surface area contributed by atoms with Gasteiger partial charge in [-0.05, 0) is 47.6 Å². The highest BCUT2D eigenvalue weighted by Gasteiger charge is 2.19. The van der Waals surface area contributed by atoms with Crippen LogP contribution in [0.2, 0.25) is 0 Å². The van der Waals surface area contributed by atoms with Crippen molar-refractivity contribution in [3.63, 3.8) is 0 Å². The van der Waals surface area contributed by atoms with Crippen LogP contribution in [-0.4, -0.2) is 5.38 Å². The Labute approximate surface area is 89.9 Å². The molecule has 1 rings (SSSR count). The van der Waals surface area contributed by atoms with E-state index in [1.807, 2.05) is 0 Å². The highest BCUT2D eigenvalue weighted by Crippen LogP contribution is 2.25. The van der Waals surface area contributed by atoms with Gasteiger partial charge < -0.3 is 0 Å². The molecule has 0 spiro atoms. The Morgan fingerprint density at radius 1 is 1.38 bits per heavy atom. The van der Waals surface area contributed by atoms with E-state index in [1.165, 1.54) is 5.56 Å². The van der Waals surface area contributed by atoms with Gasteiger partial charge in [0.05, 0.1) is 0 Å². The number of halogens is 1. The van der Waals surface area contributed by atoms with Crippen LogP contribution in [0.4, 0.5) is 0 Å². The molecule has 0 aliphatic carbocycles. The third-order valence-electron chi connectivity index (χ3n) is 2.50. The lowest BCUT2D eigenvalue weighted by Crippen LogP contribution is -2.20. The molecule has 1 aromatic rings. The summed E-state index contributed by atoms with van der Waals surface area (Å²) >= 11 is 7.92. The van der Waals surface area contributed by atoms with E-state index in [0.29, 0.717) is 11.8 Å². The van der Waals surface area contributed by atoms with E-state index >= 15 is 0 Å². The molecule has 0 radical (unpaired) electrons. The summed E-state index contributed by atoms with van der Waals surface area (Å²) < 4.78 is 0. The number of rotatable bonds is 4. The predicted molar refractivity (Wildman–Crippen MR) is 61.7 cm³/mol. The minimum Gasteiger partial charge on any atom is -0.152 e. The average molecular weight is 217 g/mol. The van der Waals surface area contributed by atoms with E-state index in [0.717, 1.165) is 6.42 Å². The predicted octanol–water partition coefficient (Wildman–Crippen LogP) is 4.19. The fraction of sp³-hybridized carbons (Fsp3) is 0.636. The minimum atomic E-state index is 0.264. The van der Waals surface area contributed by atoms with Gasteiger partial charge in [-0.15, -0.1) is 11.6 Å². The maximum absolute atomic E-state index is 6.16. The van der Waals surface area contributed by atoms with Gasteiger partial charge in [0.25, 0.3) is 0 Å². The van der Waals surface area contributed by atoms with Gasteiger partial charge in [0.1, 0.15) is 0 Å². The first-order valence-corrected chi connectivity index (χ1v) is 6.14. The second kappa shape index (κ2) is 5.02. The second-order valence-electron chi connectivity index (χ2n) is 3.92. The van der Waals surface area contributed by atoms with E-state index in [4.69, 9.17) is 11.6 Å². The molecule has 13 heavy (non-hydrogen) atoms. The third kappa shape index (κ3) is 3.32. The molecule has 2 atom stereocenters. The van der Waals surface area contributed by atoms with E-state index < -0.39 is 0 Å². The van der Waals surface area contributed by atoms with Crippen LogP contribution in [0.15, 0.2) is 16.8 Å². The summed E-state index contributed by atoms with van der Waals surface area (Å²) in [6, 6.07) is 2.19. The number of hydrogen-bond donors (Lipinski definition) is 0. The van der Waals surface area contributed by atoms with Crippen molar-refractivity contribution in [1.29, 1.82) is 0 Å². The van der Waals surface area contributed by atoms with Crippen molar-refractivity contribution in [3.8, 4) is 0 Å². The molecular formula is C11H17ClS. The SMILES string of the molecule is CC(C)C(Cc1ccsc1)C(C)Cl. The molecule has 0 aromatic carbocycles. The Kier molecular flexibility index (Phi) is 4.27. The van der Waals surface area contributed by atoms with Gasteiger partial charge in [-0.1, -0.05) is 13.8 Å². The summed E-state index contributed by atoms with van der Waals surface area (Å²) in [4.78, 5) is 0. The van der Waals surface area contributed by atoms with Crippen LogP contribution >= 0.6 is 22.9 Å². The smallest absolute Gasteiger partial charge is 0.0341 e. The summed E-state index contributed by atoms with van der Waals surface area (Å²) in [5.74, 6) is 1.25. The molecule has 1 aromatic heterocycles. The maximum Gasteiger partial charge on any atom is 0.0341 e. The molecule has 0 nitrogen and oxygen atoms in total. The molecular weight excluding hydrogens is 200 g/mol. The maximum atomic E-state index is 6.16. The van der Waals surface area contributed by atoms with Crippen LogP contribution in [0.3, 0.4) is 0 Å². The van der Waals surface area contributed by atoms with Gasteiger partial charge in [0.2, 0.25) is 0 Å². The standard InChI is InChI=1S/C11H17ClS/c1-8(2)11(9(3)12)6-10-4-5-13-7-10/h4-5,7-9,11H,6H2,1-3H3. The first kappa shape index (κ1) is 11.1. The zero-order valence-corrected chi connectivity index (χ0v) is 10.0. The lowest BCUT2D eigenvalue weighted by molar-refractivity contribution is 0.377. The summed E-state index contributed by atoms with van der Waals surface area (Å²) in [6.07, 6.45) is 1.12. The first-order valence-electron chi connectivity index (χ1n) is 4.76. The fourth-order valence-electron chi connectivity index (χ4n) is 1.61. The van der Waals surface area contributed by atoms with Crippen LogP contribution in [0.25, 0.3) is 0 Å². The van der Waals surface area contributed by atoms with Crippen molar-refractivity contribution in [2.75, 3.05) is 0 Å². The van der Waals surface area contributed by atoms with Crippen molar-refractivity contribution in [2.24, 2.45) is 11.8 Å². The summed E-state index contributed by atoms with van der Waals surface area (Å²) in [7, 11) is 0. The highest BCUT2D eigenvalue weighted by atomic mass is 35.5. The third-order valence-corrected chi connectivity index (χ3v) is 3.55. The average Bonchev–Trinajstić information content (AvgIpc) is 2.50. The molecule has 1 heterocycles. The molecule has 0 aliphatic rings. The highest BCUT2D eigenvalue weighted by molar-refractivity contribution is 7.07. The van der Waals surface area contributed by atoms with Gasteiger partial charge in [-0.3, -0.25) is 0 Å². The normalized spacial score (nSPS) is 16.1. The molecule has 74 valence electrons. The van der Waals surface area contributed by atoms with E-state index in [-0.39, 0.29) is 5.38 Å². The van der Waals surface area contributed by atoms with Crippen LogP contribution in [0.1, 0.15) is 26.3 Å². The number of alkyl halides is 1. The number of hydrogen-bond acceptors (Lipinski definition) is 1. The van der Waals surface area contributed by atoms with Crippen molar-refractivity contribution in [1.82, 2.24) is 0 Å². The van der Waals surface area contributed by atoms with Gasteiger partial charge >= 0.3 is 0 Å². The van der Waals surface area contributed by atoms with Crippen molar-refractivity contribution in [3.05, 3.63) is 22.4 Å². The van der Waals surface area contributed by atoms with E-state index in [2.05, 4.69) is 37.6 Å². The topological polar surface area (TPSA) is 0 Å². The lowest BCUT2D eigenvalue weighted by Gasteiger charge is -2.22. The zero-order valence-electron chi connectivity index (χ0n) is 8.46. The lowest BCUT2D eigenvalue weighted by atomic mass is 9.88. The van der Waals surface area contributed by atoms with Gasteiger partial charge in [-0.2, -0.15) is 11.3 Å². The van der Waals surface area contributed by atoms with E-state index in [1.54, 1.807) is 11.3 Å². The van der Waals surface area contributed by atoms with Crippen molar-refractivity contribution >= 4 is 22.9 Å². The zero-order chi connectivity index (χ0) is 9.84. The van der Waals surface area contributed by atoms with Gasteiger partial charge in [0, 0.05) is 5.38 Å².